The second-order valence-electron chi connectivity index (χ2n) is 9.95. The minimum atomic E-state index is -0.673. The van der Waals surface area contributed by atoms with E-state index in [-0.39, 0.29) is 17.4 Å². The van der Waals surface area contributed by atoms with Crippen LogP contribution in [0.5, 0.6) is 0 Å². The Morgan fingerprint density at radius 1 is 1.20 bits per heavy atom. The highest BCUT2D eigenvalue weighted by Gasteiger charge is 2.52. The first kappa shape index (κ1) is 24.8. The van der Waals surface area contributed by atoms with Gasteiger partial charge in [-0.2, -0.15) is 0 Å². The van der Waals surface area contributed by atoms with Crippen molar-refractivity contribution >= 4 is 18.6 Å². The first-order valence-electron chi connectivity index (χ1n) is 10.6. The van der Waals surface area contributed by atoms with Crippen LogP contribution in [-0.4, -0.2) is 48.0 Å². The standard InChI is InChI=1S/C16H24BFN2O2.C6H12O2/c1-15(2)16(3,4)22-17(21-15)12-9-14(20-10-13(12)18)11-5-7-19-8-6-11;1-5(7)8-6(2,3)4/h9-11,19H,5-8H2,1-4H3;1-4H3. The molecule has 0 atom stereocenters. The third-order valence-corrected chi connectivity index (χ3v) is 5.62. The molecule has 2 saturated heterocycles. The number of piperidine rings is 1. The van der Waals surface area contributed by atoms with Crippen molar-refractivity contribution in [3.63, 3.8) is 0 Å². The largest absolute Gasteiger partial charge is 0.497 e. The van der Waals surface area contributed by atoms with Gasteiger partial charge in [0.05, 0.1) is 17.4 Å². The molecule has 0 unspecified atom stereocenters. The van der Waals surface area contributed by atoms with Crippen molar-refractivity contribution in [2.75, 3.05) is 13.1 Å². The van der Waals surface area contributed by atoms with Crippen LogP contribution < -0.4 is 10.8 Å². The van der Waals surface area contributed by atoms with E-state index in [1.807, 2.05) is 54.5 Å². The van der Waals surface area contributed by atoms with E-state index in [2.05, 4.69) is 10.3 Å². The SMILES string of the molecule is CC(=O)OC(C)(C)C.CC1(C)OB(c2cc(C3CCNCC3)ncc2F)OC1(C)C. The molecule has 0 aromatic carbocycles. The van der Waals surface area contributed by atoms with Gasteiger partial charge in [-0.1, -0.05) is 0 Å². The fourth-order valence-electron chi connectivity index (χ4n) is 3.39. The third kappa shape index (κ3) is 6.49. The fourth-order valence-corrected chi connectivity index (χ4v) is 3.39. The molecule has 6 nitrogen and oxygen atoms in total. The Morgan fingerprint density at radius 3 is 2.17 bits per heavy atom. The Labute approximate surface area is 180 Å². The molecule has 0 amide bonds. The quantitative estimate of drug-likeness (QED) is 0.583. The van der Waals surface area contributed by atoms with E-state index in [1.54, 1.807) is 0 Å². The minimum Gasteiger partial charge on any atom is -0.460 e. The maximum absolute atomic E-state index is 14.3. The lowest BCUT2D eigenvalue weighted by Crippen LogP contribution is -2.41. The molecule has 1 N–H and O–H groups in total. The van der Waals surface area contributed by atoms with E-state index < -0.39 is 18.3 Å². The van der Waals surface area contributed by atoms with Gasteiger partial charge in [-0.25, -0.2) is 4.39 Å². The molecule has 8 heteroatoms. The van der Waals surface area contributed by atoms with E-state index in [0.29, 0.717) is 11.4 Å². The summed E-state index contributed by atoms with van der Waals surface area (Å²) >= 11 is 0. The number of hydrogen-bond acceptors (Lipinski definition) is 6. The summed E-state index contributed by atoms with van der Waals surface area (Å²) in [5.41, 5.74) is 0.131. The van der Waals surface area contributed by atoms with Crippen molar-refractivity contribution in [3.8, 4) is 0 Å². The van der Waals surface area contributed by atoms with Gasteiger partial charge in [-0.05, 0) is 80.5 Å². The summed E-state index contributed by atoms with van der Waals surface area (Å²) in [6.07, 6.45) is 3.36. The maximum Gasteiger partial charge on any atom is 0.497 e. The number of pyridine rings is 1. The average molecular weight is 422 g/mol. The van der Waals surface area contributed by atoms with Gasteiger partial charge in [0.25, 0.3) is 0 Å². The molecule has 168 valence electrons. The highest BCUT2D eigenvalue weighted by Crippen LogP contribution is 2.36. The van der Waals surface area contributed by atoms with Crippen LogP contribution in [0.2, 0.25) is 0 Å². The first-order chi connectivity index (χ1) is 13.7. The van der Waals surface area contributed by atoms with E-state index in [0.717, 1.165) is 31.6 Å². The summed E-state index contributed by atoms with van der Waals surface area (Å²) in [5.74, 6) is -0.211. The molecule has 3 heterocycles. The van der Waals surface area contributed by atoms with Gasteiger partial charge in [-0.15, -0.1) is 0 Å². The molecule has 2 fully saturated rings. The zero-order valence-corrected chi connectivity index (χ0v) is 19.6. The van der Waals surface area contributed by atoms with Crippen LogP contribution in [0, 0.1) is 5.82 Å². The number of ether oxygens (including phenoxy) is 1. The molecule has 0 aliphatic carbocycles. The highest BCUT2D eigenvalue weighted by atomic mass is 19.1. The second kappa shape index (κ2) is 9.33. The van der Waals surface area contributed by atoms with Crippen molar-refractivity contribution in [2.45, 2.75) is 91.0 Å². The Kier molecular flexibility index (Phi) is 7.70. The number of nitrogens with one attached hydrogen (secondary N) is 1. The number of carbonyl (C=O) groups is 1. The monoisotopic (exact) mass is 422 g/mol. The Balaban J connectivity index is 0.000000343. The topological polar surface area (TPSA) is 69.7 Å². The molecular weight excluding hydrogens is 386 g/mol. The number of esters is 1. The first-order valence-corrected chi connectivity index (χ1v) is 10.6. The number of rotatable bonds is 2. The number of halogens is 1. The number of aromatic nitrogens is 1. The third-order valence-electron chi connectivity index (χ3n) is 5.62. The minimum absolute atomic E-state index is 0.225. The Morgan fingerprint density at radius 2 is 1.73 bits per heavy atom. The lowest BCUT2D eigenvalue weighted by atomic mass is 9.77. The molecule has 1 aromatic heterocycles. The van der Waals surface area contributed by atoms with Gasteiger partial charge in [0, 0.05) is 24.0 Å². The molecule has 3 rings (SSSR count). The average Bonchev–Trinajstić information content (AvgIpc) is 2.82. The van der Waals surface area contributed by atoms with Crippen LogP contribution in [0.4, 0.5) is 4.39 Å². The van der Waals surface area contributed by atoms with Crippen molar-refractivity contribution in [1.82, 2.24) is 10.3 Å². The summed E-state index contributed by atoms with van der Waals surface area (Å²) in [6.45, 7) is 16.8. The van der Waals surface area contributed by atoms with Gasteiger partial charge in [-0.3, -0.25) is 9.78 Å². The molecule has 0 spiro atoms. The summed E-state index contributed by atoms with van der Waals surface area (Å²) in [7, 11) is -0.673. The molecule has 0 bridgehead atoms. The molecule has 1 aromatic rings. The zero-order chi connectivity index (χ0) is 22.7. The molecule has 30 heavy (non-hydrogen) atoms. The summed E-state index contributed by atoms with van der Waals surface area (Å²) < 4.78 is 31.0. The number of carbonyl (C=O) groups excluding carboxylic acids is 1. The van der Waals surface area contributed by atoms with Crippen molar-refractivity contribution < 1.29 is 23.2 Å². The zero-order valence-electron chi connectivity index (χ0n) is 19.6. The van der Waals surface area contributed by atoms with Crippen molar-refractivity contribution in [3.05, 3.63) is 23.8 Å². The fraction of sp³-hybridized carbons (Fsp3) is 0.727. The van der Waals surface area contributed by atoms with E-state index >= 15 is 0 Å². The molecular formula is C22H36BFN2O4. The summed E-state index contributed by atoms with van der Waals surface area (Å²) in [6, 6.07) is 1.83. The van der Waals surface area contributed by atoms with Gasteiger partial charge in [0.15, 0.2) is 0 Å². The van der Waals surface area contributed by atoms with Gasteiger partial charge in [0.1, 0.15) is 11.4 Å². The van der Waals surface area contributed by atoms with Crippen LogP contribution in [0.25, 0.3) is 0 Å². The lowest BCUT2D eigenvalue weighted by molar-refractivity contribution is -0.151. The van der Waals surface area contributed by atoms with Crippen molar-refractivity contribution in [1.29, 1.82) is 0 Å². The normalized spacial score (nSPS) is 21.0. The van der Waals surface area contributed by atoms with Crippen LogP contribution in [0.3, 0.4) is 0 Å². The van der Waals surface area contributed by atoms with Crippen LogP contribution in [0.15, 0.2) is 12.3 Å². The Bertz CT molecular complexity index is 727. The van der Waals surface area contributed by atoms with E-state index in [9.17, 15) is 9.18 Å². The summed E-state index contributed by atoms with van der Waals surface area (Å²) in [4.78, 5) is 14.5. The number of hydrogen-bond donors (Lipinski definition) is 1. The molecule has 2 aliphatic rings. The highest BCUT2D eigenvalue weighted by molar-refractivity contribution is 6.62. The molecule has 0 saturated carbocycles. The summed E-state index contributed by atoms with van der Waals surface area (Å²) in [5, 5.41) is 3.34. The van der Waals surface area contributed by atoms with Crippen LogP contribution >= 0.6 is 0 Å². The second-order valence-corrected chi connectivity index (χ2v) is 9.95. The predicted octanol–water partition coefficient (Wildman–Crippen LogP) is 3.33. The molecule has 0 radical (unpaired) electrons. The van der Waals surface area contributed by atoms with Gasteiger partial charge in [0.2, 0.25) is 0 Å². The molecule has 2 aliphatic heterocycles. The van der Waals surface area contributed by atoms with Crippen molar-refractivity contribution in [2.24, 2.45) is 0 Å². The maximum atomic E-state index is 14.3. The van der Waals surface area contributed by atoms with Gasteiger partial charge < -0.3 is 19.4 Å². The van der Waals surface area contributed by atoms with E-state index in [4.69, 9.17) is 14.0 Å². The number of nitrogens with zero attached hydrogens (tertiary/aromatic N) is 1. The predicted molar refractivity (Wildman–Crippen MR) is 116 cm³/mol. The Hall–Kier alpha value is -1.51. The van der Waals surface area contributed by atoms with E-state index in [1.165, 1.54) is 13.1 Å². The lowest BCUT2D eigenvalue weighted by Gasteiger charge is -2.32. The van der Waals surface area contributed by atoms with Crippen LogP contribution in [-0.2, 0) is 18.8 Å². The smallest absolute Gasteiger partial charge is 0.460 e. The van der Waals surface area contributed by atoms with Crippen LogP contribution in [0.1, 0.15) is 79.8 Å². The van der Waals surface area contributed by atoms with Gasteiger partial charge >= 0.3 is 13.1 Å².